The van der Waals surface area contributed by atoms with Crippen molar-refractivity contribution in [2.24, 2.45) is 5.92 Å². The van der Waals surface area contributed by atoms with Crippen LogP contribution in [-0.4, -0.2) is 57.1 Å². The first kappa shape index (κ1) is 24.5. The van der Waals surface area contributed by atoms with Crippen molar-refractivity contribution in [2.45, 2.75) is 65.0 Å². The van der Waals surface area contributed by atoms with E-state index in [4.69, 9.17) is 4.74 Å². The van der Waals surface area contributed by atoms with E-state index in [2.05, 4.69) is 9.84 Å². The number of likely N-dealkylation sites (tertiary alicyclic amines) is 1. The number of esters is 1. The van der Waals surface area contributed by atoms with Crippen molar-refractivity contribution >= 4 is 12.1 Å². The van der Waals surface area contributed by atoms with Gasteiger partial charge >= 0.3 is 17.8 Å². The summed E-state index contributed by atoms with van der Waals surface area (Å²) < 4.78 is 13.1. The summed E-state index contributed by atoms with van der Waals surface area (Å²) in [4.78, 5) is 38.0. The van der Waals surface area contributed by atoms with Crippen LogP contribution >= 0.6 is 0 Å². The highest BCUT2D eigenvalue weighted by Crippen LogP contribution is 2.22. The number of carbonyl (C=O) groups is 2. The number of hydrogen-bond donors (Lipinski definition) is 0. The Morgan fingerprint density at radius 2 is 1.79 bits per heavy atom. The van der Waals surface area contributed by atoms with Crippen LogP contribution in [0.4, 0.5) is 4.79 Å². The van der Waals surface area contributed by atoms with Gasteiger partial charge in [0.15, 0.2) is 0 Å². The Labute approximate surface area is 194 Å². The second-order valence-corrected chi connectivity index (χ2v) is 9.45. The highest BCUT2D eigenvalue weighted by molar-refractivity contribution is 5.69. The number of piperidine rings is 1. The summed E-state index contributed by atoms with van der Waals surface area (Å²) in [5.41, 5.74) is 1.07. The van der Waals surface area contributed by atoms with E-state index in [9.17, 15) is 14.4 Å². The van der Waals surface area contributed by atoms with Gasteiger partial charge in [0.1, 0.15) is 11.9 Å². The first-order chi connectivity index (χ1) is 15.7. The van der Waals surface area contributed by atoms with E-state index in [-0.39, 0.29) is 17.8 Å². The van der Waals surface area contributed by atoms with Crippen LogP contribution in [0.1, 0.15) is 52.0 Å². The van der Waals surface area contributed by atoms with Gasteiger partial charge in [-0.3, -0.25) is 4.79 Å². The van der Waals surface area contributed by atoms with E-state index in [0.29, 0.717) is 38.4 Å². The van der Waals surface area contributed by atoms with Crippen LogP contribution in [0.25, 0.3) is 5.69 Å². The molecule has 3 rings (SSSR count). The molecule has 0 radical (unpaired) electrons. The molecule has 0 saturated carbocycles. The third-order valence-corrected chi connectivity index (χ3v) is 5.81. The van der Waals surface area contributed by atoms with E-state index in [1.165, 1.54) is 22.7 Å². The fraction of sp³-hybridized carbons (Fsp3) is 0.583. The van der Waals surface area contributed by atoms with Crippen molar-refractivity contribution in [3.05, 3.63) is 46.6 Å². The molecule has 2 heterocycles. The molecule has 0 aliphatic carbocycles. The first-order valence-electron chi connectivity index (χ1n) is 11.4. The number of aromatic nitrogens is 3. The molecule has 180 valence electrons. The molecule has 0 unspecified atom stereocenters. The average molecular weight is 459 g/mol. The summed E-state index contributed by atoms with van der Waals surface area (Å²) in [6.45, 7) is 7.49. The average Bonchev–Trinajstić information content (AvgIpc) is 3.15. The Balaban J connectivity index is 1.50. The summed E-state index contributed by atoms with van der Waals surface area (Å²) in [5.74, 6) is 0.196. The molecule has 33 heavy (non-hydrogen) atoms. The maximum Gasteiger partial charge on any atom is 0.410 e. The van der Waals surface area contributed by atoms with Gasteiger partial charge in [-0.05, 0) is 70.1 Å². The molecule has 9 nitrogen and oxygen atoms in total. The molecule has 1 aromatic carbocycles. The molecule has 1 amide bonds. The van der Waals surface area contributed by atoms with Crippen LogP contribution in [0.5, 0.6) is 0 Å². The van der Waals surface area contributed by atoms with Gasteiger partial charge in [0.05, 0.1) is 12.8 Å². The Morgan fingerprint density at radius 1 is 1.12 bits per heavy atom. The molecule has 9 heteroatoms. The van der Waals surface area contributed by atoms with Gasteiger partial charge in [-0.2, -0.15) is 5.10 Å². The van der Waals surface area contributed by atoms with Gasteiger partial charge in [0, 0.05) is 26.1 Å². The summed E-state index contributed by atoms with van der Waals surface area (Å²) in [6, 6.07) is 7.51. The maximum atomic E-state index is 12.8. The Kier molecular flexibility index (Phi) is 7.94. The van der Waals surface area contributed by atoms with Crippen LogP contribution in [-0.2, 0) is 27.2 Å². The molecule has 1 saturated heterocycles. The second kappa shape index (κ2) is 10.7. The third-order valence-electron chi connectivity index (χ3n) is 5.81. The number of benzene rings is 1. The lowest BCUT2D eigenvalue weighted by atomic mass is 9.94. The number of ether oxygens (including phenoxy) is 2. The molecule has 0 atom stereocenters. The number of hydrogen-bond acceptors (Lipinski definition) is 6. The molecule has 0 N–H and O–H groups in total. The number of methoxy groups -OCH3 is 1. The molecular formula is C24H34N4O5. The van der Waals surface area contributed by atoms with Crippen LogP contribution in [0, 0.1) is 5.92 Å². The van der Waals surface area contributed by atoms with Crippen molar-refractivity contribution in [1.82, 2.24) is 19.2 Å². The summed E-state index contributed by atoms with van der Waals surface area (Å²) >= 11 is 0. The SMILES string of the molecule is COC(=O)CCc1ccc(-n2cnn(CCC3CCN(C(=O)OC(C)(C)C)CC3)c2=O)cc1. The fourth-order valence-electron chi connectivity index (χ4n) is 3.87. The molecule has 0 spiro atoms. The van der Waals surface area contributed by atoms with Crippen molar-refractivity contribution in [2.75, 3.05) is 20.2 Å². The van der Waals surface area contributed by atoms with Crippen LogP contribution in [0.3, 0.4) is 0 Å². The van der Waals surface area contributed by atoms with E-state index in [0.717, 1.165) is 30.5 Å². The number of amides is 1. The minimum atomic E-state index is -0.489. The highest BCUT2D eigenvalue weighted by atomic mass is 16.6. The minimum Gasteiger partial charge on any atom is -0.469 e. The van der Waals surface area contributed by atoms with E-state index in [1.807, 2.05) is 45.0 Å². The van der Waals surface area contributed by atoms with Crippen LogP contribution < -0.4 is 5.69 Å². The number of aryl methyl sites for hydroxylation is 2. The number of rotatable bonds is 7. The zero-order chi connectivity index (χ0) is 24.0. The van der Waals surface area contributed by atoms with E-state index < -0.39 is 5.60 Å². The Hall–Kier alpha value is -3.10. The van der Waals surface area contributed by atoms with E-state index in [1.54, 1.807) is 4.90 Å². The van der Waals surface area contributed by atoms with Gasteiger partial charge < -0.3 is 14.4 Å². The monoisotopic (exact) mass is 458 g/mol. The van der Waals surface area contributed by atoms with Crippen molar-refractivity contribution in [3.8, 4) is 5.69 Å². The standard InChI is InChI=1S/C24H34N4O5/c1-24(2,3)33-23(31)26-14-11-19(12-15-26)13-16-28-22(30)27(17-25-28)20-8-5-18(6-9-20)7-10-21(29)32-4/h5-6,8-9,17,19H,7,10-16H2,1-4H3. The van der Waals surface area contributed by atoms with Crippen molar-refractivity contribution < 1.29 is 19.1 Å². The Bertz CT molecular complexity index is 995. The second-order valence-electron chi connectivity index (χ2n) is 9.45. The molecule has 1 aromatic heterocycles. The Morgan fingerprint density at radius 3 is 2.39 bits per heavy atom. The third kappa shape index (κ3) is 6.94. The number of carbonyl (C=O) groups excluding carboxylic acids is 2. The van der Waals surface area contributed by atoms with Gasteiger partial charge in [0.2, 0.25) is 0 Å². The minimum absolute atomic E-state index is 0.177. The molecule has 1 aliphatic rings. The fourth-order valence-corrected chi connectivity index (χ4v) is 3.87. The predicted octanol–water partition coefficient (Wildman–Crippen LogP) is 3.18. The van der Waals surface area contributed by atoms with Gasteiger partial charge in [-0.1, -0.05) is 12.1 Å². The maximum absolute atomic E-state index is 12.8. The molecule has 0 bridgehead atoms. The normalized spacial score (nSPS) is 14.8. The quantitative estimate of drug-likeness (QED) is 0.592. The smallest absolute Gasteiger partial charge is 0.410 e. The van der Waals surface area contributed by atoms with E-state index >= 15 is 0 Å². The van der Waals surface area contributed by atoms with Gasteiger partial charge in [-0.15, -0.1) is 0 Å². The summed E-state index contributed by atoms with van der Waals surface area (Å²) in [7, 11) is 1.38. The molecule has 2 aromatic rings. The van der Waals surface area contributed by atoms with Gasteiger partial charge in [-0.25, -0.2) is 18.8 Å². The molecular weight excluding hydrogens is 424 g/mol. The summed E-state index contributed by atoms with van der Waals surface area (Å²) in [5, 5.41) is 4.27. The van der Waals surface area contributed by atoms with Crippen LogP contribution in [0.2, 0.25) is 0 Å². The summed E-state index contributed by atoms with van der Waals surface area (Å²) in [6.07, 6.45) is 4.82. The predicted molar refractivity (Wildman–Crippen MR) is 123 cm³/mol. The lowest BCUT2D eigenvalue weighted by Crippen LogP contribution is -2.42. The van der Waals surface area contributed by atoms with Crippen molar-refractivity contribution in [1.29, 1.82) is 0 Å². The number of nitrogens with zero attached hydrogens (tertiary/aromatic N) is 4. The highest BCUT2D eigenvalue weighted by Gasteiger charge is 2.26. The topological polar surface area (TPSA) is 95.7 Å². The molecule has 1 fully saturated rings. The molecule has 1 aliphatic heterocycles. The zero-order valence-electron chi connectivity index (χ0n) is 20.0. The van der Waals surface area contributed by atoms with Gasteiger partial charge in [0.25, 0.3) is 0 Å². The lowest BCUT2D eigenvalue weighted by molar-refractivity contribution is -0.140. The zero-order valence-corrected chi connectivity index (χ0v) is 20.0. The first-order valence-corrected chi connectivity index (χ1v) is 11.4. The van der Waals surface area contributed by atoms with Crippen LogP contribution in [0.15, 0.2) is 35.4 Å². The largest absolute Gasteiger partial charge is 0.469 e. The lowest BCUT2D eigenvalue weighted by Gasteiger charge is -2.33. The van der Waals surface area contributed by atoms with Crippen molar-refractivity contribution in [3.63, 3.8) is 0 Å².